The first kappa shape index (κ1) is 25.6. The van der Waals surface area contributed by atoms with E-state index < -0.39 is 0 Å². The topological polar surface area (TPSA) is 72.3 Å². The lowest BCUT2D eigenvalue weighted by Gasteiger charge is -2.20. The van der Waals surface area contributed by atoms with Crippen molar-refractivity contribution in [1.29, 1.82) is 0 Å². The van der Waals surface area contributed by atoms with Gasteiger partial charge in [-0.1, -0.05) is 39.8 Å². The zero-order valence-corrected chi connectivity index (χ0v) is 18.9. The average Bonchev–Trinajstić information content (AvgIpc) is 3.23. The maximum atomic E-state index is 9.25. The van der Waals surface area contributed by atoms with E-state index in [1.165, 1.54) is 11.8 Å². The van der Waals surface area contributed by atoms with Gasteiger partial charge in [-0.05, 0) is 50.3 Å². The second-order valence-corrected chi connectivity index (χ2v) is 6.73. The van der Waals surface area contributed by atoms with Crippen molar-refractivity contribution >= 4 is 6.21 Å². The van der Waals surface area contributed by atoms with Gasteiger partial charge in [-0.3, -0.25) is 4.99 Å². The first-order valence-corrected chi connectivity index (χ1v) is 10.9. The zero-order chi connectivity index (χ0) is 22.2. The van der Waals surface area contributed by atoms with Crippen LogP contribution in [-0.4, -0.2) is 37.4 Å². The van der Waals surface area contributed by atoms with Gasteiger partial charge in [0, 0.05) is 18.8 Å². The van der Waals surface area contributed by atoms with Crippen LogP contribution in [0, 0.1) is 0 Å². The molecule has 1 aromatic rings. The lowest BCUT2D eigenvalue weighted by Crippen LogP contribution is -2.29. The second kappa shape index (κ2) is 15.4. The van der Waals surface area contributed by atoms with Crippen LogP contribution in [0.1, 0.15) is 58.9 Å². The Kier molecular flexibility index (Phi) is 13.1. The van der Waals surface area contributed by atoms with E-state index in [0.29, 0.717) is 25.6 Å². The Morgan fingerprint density at radius 1 is 1.30 bits per heavy atom. The van der Waals surface area contributed by atoms with Crippen molar-refractivity contribution in [2.75, 3.05) is 20.0 Å². The van der Waals surface area contributed by atoms with Crippen molar-refractivity contribution < 1.29 is 19.3 Å². The number of aliphatic hydroxyl groups excluding tert-OH is 1. The van der Waals surface area contributed by atoms with Crippen molar-refractivity contribution in [2.45, 2.75) is 65.8 Å². The molecule has 0 fully saturated rings. The van der Waals surface area contributed by atoms with Crippen LogP contribution in [0.2, 0.25) is 0 Å². The van der Waals surface area contributed by atoms with E-state index in [2.05, 4.69) is 29.9 Å². The molecule has 1 aliphatic rings. The monoisotopic (exact) mass is 418 g/mol. The molecule has 0 aliphatic carbocycles. The van der Waals surface area contributed by atoms with Crippen LogP contribution in [0.5, 0.6) is 11.5 Å². The third-order valence-corrected chi connectivity index (χ3v) is 4.51. The molecule has 0 bridgehead atoms. The molecule has 1 heterocycles. The highest BCUT2D eigenvalue weighted by Gasteiger charge is 2.13. The molecule has 0 saturated carbocycles. The van der Waals surface area contributed by atoms with Crippen molar-refractivity contribution in [2.24, 2.45) is 4.99 Å². The molecule has 0 aromatic heterocycles. The highest BCUT2D eigenvalue weighted by molar-refractivity contribution is 5.77. The molecule has 168 valence electrons. The normalized spacial score (nSPS) is 13.9. The lowest BCUT2D eigenvalue weighted by molar-refractivity contribution is 0.174. The quantitative estimate of drug-likeness (QED) is 0.269. The third-order valence-electron chi connectivity index (χ3n) is 4.51. The largest absolute Gasteiger partial charge is 0.490 e. The number of rotatable bonds is 13. The summed E-state index contributed by atoms with van der Waals surface area (Å²) in [4.78, 5) is 4.10. The minimum absolute atomic E-state index is 0.164. The van der Waals surface area contributed by atoms with Gasteiger partial charge in [0.2, 0.25) is 6.79 Å². The standard InChI is InChI=1S/C22H32N2O4.C2H6/c1-4-7-19(11-12-25)24-17(3)22(15-23-5-2)26-13-6-8-18-9-10-20-21(14-18)28-16-27-20;1-2/h5,9-10,14-15,19,24-25H,2,4,6-8,11-13,16H2,1,3H3;1-2H3/b22-17-,23-15?;/t19-;/m0./s1. The summed E-state index contributed by atoms with van der Waals surface area (Å²) in [6.07, 6.45) is 7.68. The first-order chi connectivity index (χ1) is 14.7. The van der Waals surface area contributed by atoms with Crippen LogP contribution >= 0.6 is 0 Å². The zero-order valence-electron chi connectivity index (χ0n) is 18.9. The van der Waals surface area contributed by atoms with Crippen molar-refractivity contribution in [1.82, 2.24) is 5.32 Å². The van der Waals surface area contributed by atoms with Gasteiger partial charge in [0.05, 0.1) is 18.5 Å². The predicted octanol–water partition coefficient (Wildman–Crippen LogP) is 4.98. The Bertz CT molecular complexity index is 680. The van der Waals surface area contributed by atoms with Crippen LogP contribution in [-0.2, 0) is 11.2 Å². The molecule has 2 rings (SSSR count). The number of aryl methyl sites for hydroxylation is 1. The number of fused-ring (bicyclic) bond motifs is 1. The van der Waals surface area contributed by atoms with E-state index in [0.717, 1.165) is 42.9 Å². The fraction of sp³-hybridized carbons (Fsp3) is 0.542. The Hall–Kier alpha value is -2.47. The number of hydrogen-bond donors (Lipinski definition) is 2. The molecule has 1 aromatic carbocycles. The Morgan fingerprint density at radius 3 is 2.77 bits per heavy atom. The maximum absolute atomic E-state index is 9.25. The molecule has 1 atom stereocenters. The summed E-state index contributed by atoms with van der Waals surface area (Å²) < 4.78 is 16.7. The smallest absolute Gasteiger partial charge is 0.231 e. The van der Waals surface area contributed by atoms with Gasteiger partial charge in [-0.2, -0.15) is 0 Å². The van der Waals surface area contributed by atoms with E-state index in [1.54, 1.807) is 6.21 Å². The molecule has 0 unspecified atom stereocenters. The number of hydrogen-bond acceptors (Lipinski definition) is 6. The number of aliphatic imine (C=N–C) groups is 1. The van der Waals surface area contributed by atoms with Crippen LogP contribution in [0.3, 0.4) is 0 Å². The summed E-state index contributed by atoms with van der Waals surface area (Å²) in [7, 11) is 0. The fourth-order valence-electron chi connectivity index (χ4n) is 3.09. The maximum Gasteiger partial charge on any atom is 0.231 e. The van der Waals surface area contributed by atoms with Gasteiger partial charge in [-0.25, -0.2) is 0 Å². The van der Waals surface area contributed by atoms with Gasteiger partial charge in [0.15, 0.2) is 17.3 Å². The SMILES string of the molecule is C=CN=C/C(OCCCc1ccc2c(c1)OCO2)=C(\C)N[C@@H](CCC)CCO.CC. The van der Waals surface area contributed by atoms with Crippen molar-refractivity contribution in [3.63, 3.8) is 0 Å². The second-order valence-electron chi connectivity index (χ2n) is 6.73. The van der Waals surface area contributed by atoms with Crippen LogP contribution < -0.4 is 14.8 Å². The molecule has 30 heavy (non-hydrogen) atoms. The number of ether oxygens (including phenoxy) is 3. The van der Waals surface area contributed by atoms with Crippen molar-refractivity contribution in [3.05, 3.63) is 48.0 Å². The number of benzene rings is 1. The van der Waals surface area contributed by atoms with Crippen molar-refractivity contribution in [3.8, 4) is 11.5 Å². The van der Waals surface area contributed by atoms with Gasteiger partial charge < -0.3 is 24.6 Å². The first-order valence-electron chi connectivity index (χ1n) is 10.9. The molecule has 0 spiro atoms. The number of aliphatic hydroxyl groups is 1. The summed E-state index contributed by atoms with van der Waals surface area (Å²) >= 11 is 0. The molecule has 1 aliphatic heterocycles. The summed E-state index contributed by atoms with van der Waals surface area (Å²) in [6, 6.07) is 6.25. The molecule has 0 saturated heterocycles. The molecule has 6 heteroatoms. The number of nitrogens with zero attached hydrogens (tertiary/aromatic N) is 1. The molecular weight excluding hydrogens is 380 g/mol. The van der Waals surface area contributed by atoms with Gasteiger partial charge in [0.25, 0.3) is 0 Å². The Balaban J connectivity index is 0.00000218. The fourth-order valence-corrected chi connectivity index (χ4v) is 3.09. The van der Waals surface area contributed by atoms with E-state index >= 15 is 0 Å². The molecule has 2 N–H and O–H groups in total. The van der Waals surface area contributed by atoms with E-state index in [9.17, 15) is 5.11 Å². The Morgan fingerprint density at radius 2 is 2.07 bits per heavy atom. The third kappa shape index (κ3) is 8.91. The van der Waals surface area contributed by atoms with E-state index in [-0.39, 0.29) is 12.6 Å². The van der Waals surface area contributed by atoms with Gasteiger partial charge in [0.1, 0.15) is 0 Å². The minimum Gasteiger partial charge on any atom is -0.490 e. The Labute approximate surface area is 181 Å². The highest BCUT2D eigenvalue weighted by Crippen LogP contribution is 2.32. The summed E-state index contributed by atoms with van der Waals surface area (Å²) in [6.45, 7) is 12.8. The minimum atomic E-state index is 0.164. The van der Waals surface area contributed by atoms with Crippen LogP contribution in [0.15, 0.2) is 47.4 Å². The van der Waals surface area contributed by atoms with E-state index in [4.69, 9.17) is 14.2 Å². The summed E-state index contributed by atoms with van der Waals surface area (Å²) in [5, 5.41) is 12.7. The molecule has 0 radical (unpaired) electrons. The molecule has 6 nitrogen and oxygen atoms in total. The summed E-state index contributed by atoms with van der Waals surface area (Å²) in [5.41, 5.74) is 2.11. The highest BCUT2D eigenvalue weighted by atomic mass is 16.7. The van der Waals surface area contributed by atoms with Crippen LogP contribution in [0.4, 0.5) is 0 Å². The lowest BCUT2D eigenvalue weighted by atomic mass is 10.1. The van der Waals surface area contributed by atoms with Gasteiger partial charge >= 0.3 is 0 Å². The number of nitrogens with one attached hydrogen (secondary N) is 1. The van der Waals surface area contributed by atoms with E-state index in [1.807, 2.05) is 32.9 Å². The average molecular weight is 419 g/mol. The van der Waals surface area contributed by atoms with Gasteiger partial charge in [-0.15, -0.1) is 0 Å². The van der Waals surface area contributed by atoms with Crippen LogP contribution in [0.25, 0.3) is 0 Å². The predicted molar refractivity (Wildman–Crippen MR) is 123 cm³/mol. The molecular formula is C24H38N2O4. The summed E-state index contributed by atoms with van der Waals surface area (Å²) in [5.74, 6) is 2.31. The number of allylic oxidation sites excluding steroid dienone is 2. The molecule has 0 amide bonds.